The monoisotopic (exact) mass is 246 g/mol. The maximum absolute atomic E-state index is 11.6. The Morgan fingerprint density at radius 1 is 1.44 bits per heavy atom. The molecule has 0 bridgehead atoms. The molecule has 1 unspecified atom stereocenters. The van der Waals surface area contributed by atoms with Crippen molar-refractivity contribution in [3.05, 3.63) is 24.0 Å². The second-order valence-corrected chi connectivity index (χ2v) is 5.10. The van der Waals surface area contributed by atoms with Gasteiger partial charge in [0.2, 0.25) is 5.91 Å². The number of piperazine rings is 1. The van der Waals surface area contributed by atoms with Crippen molar-refractivity contribution >= 4 is 11.6 Å². The second-order valence-electron chi connectivity index (χ2n) is 5.10. The fourth-order valence-electron chi connectivity index (χ4n) is 2.88. The number of rotatable bonds is 2. The van der Waals surface area contributed by atoms with Crippen LogP contribution in [0, 0.1) is 0 Å². The fraction of sp³-hybridized carbons (Fsp3) is 0.538. The minimum atomic E-state index is 0.321. The highest BCUT2D eigenvalue weighted by atomic mass is 16.2. The Labute approximate surface area is 107 Å². The summed E-state index contributed by atoms with van der Waals surface area (Å²) in [5.74, 6) is 0.321. The number of hydrogen-bond donors (Lipinski definition) is 1. The summed E-state index contributed by atoms with van der Waals surface area (Å²) in [6, 6.07) is 4.13. The van der Waals surface area contributed by atoms with Crippen LogP contribution >= 0.6 is 0 Å². The average molecular weight is 246 g/mol. The van der Waals surface area contributed by atoms with E-state index in [-0.39, 0.29) is 0 Å². The molecule has 5 heteroatoms. The number of carbonyl (C=O) groups is 1. The lowest BCUT2D eigenvalue weighted by molar-refractivity contribution is -0.130. The molecular weight excluding hydrogens is 228 g/mol. The molecule has 3 heterocycles. The molecule has 96 valence electrons. The third-order valence-electron chi connectivity index (χ3n) is 3.80. The van der Waals surface area contributed by atoms with E-state index in [4.69, 9.17) is 5.73 Å². The van der Waals surface area contributed by atoms with E-state index in [0.717, 1.165) is 50.4 Å². The maximum atomic E-state index is 11.6. The van der Waals surface area contributed by atoms with Gasteiger partial charge < -0.3 is 10.6 Å². The van der Waals surface area contributed by atoms with E-state index in [1.165, 1.54) is 0 Å². The molecular formula is C13H18N4O. The SMILES string of the molecule is Nc1ccnc(CN2CCN3C(=O)CCC3C2)c1. The topological polar surface area (TPSA) is 62.5 Å². The summed E-state index contributed by atoms with van der Waals surface area (Å²) in [6.07, 6.45) is 3.47. The van der Waals surface area contributed by atoms with Crippen LogP contribution in [0.4, 0.5) is 5.69 Å². The number of amides is 1. The van der Waals surface area contributed by atoms with E-state index in [0.29, 0.717) is 11.9 Å². The summed E-state index contributed by atoms with van der Waals surface area (Å²) in [7, 11) is 0. The van der Waals surface area contributed by atoms with Crippen LogP contribution in [0.5, 0.6) is 0 Å². The first-order chi connectivity index (χ1) is 8.72. The quantitative estimate of drug-likeness (QED) is 0.824. The Balaban J connectivity index is 1.64. The van der Waals surface area contributed by atoms with Gasteiger partial charge in [0, 0.05) is 50.5 Å². The van der Waals surface area contributed by atoms with Crippen molar-refractivity contribution in [1.29, 1.82) is 0 Å². The highest BCUT2D eigenvalue weighted by Gasteiger charge is 2.35. The van der Waals surface area contributed by atoms with Gasteiger partial charge in [-0.25, -0.2) is 0 Å². The van der Waals surface area contributed by atoms with Gasteiger partial charge in [0.15, 0.2) is 0 Å². The number of carbonyl (C=O) groups excluding carboxylic acids is 1. The van der Waals surface area contributed by atoms with Crippen LogP contribution in [0.15, 0.2) is 18.3 Å². The van der Waals surface area contributed by atoms with Gasteiger partial charge in [0.25, 0.3) is 0 Å². The summed E-state index contributed by atoms with van der Waals surface area (Å²) in [5, 5.41) is 0. The number of fused-ring (bicyclic) bond motifs is 1. The minimum Gasteiger partial charge on any atom is -0.399 e. The van der Waals surface area contributed by atoms with E-state index in [9.17, 15) is 4.79 Å². The van der Waals surface area contributed by atoms with Gasteiger partial charge in [-0.05, 0) is 18.6 Å². The van der Waals surface area contributed by atoms with Gasteiger partial charge in [-0.1, -0.05) is 0 Å². The van der Waals surface area contributed by atoms with E-state index in [1.807, 2.05) is 11.0 Å². The largest absolute Gasteiger partial charge is 0.399 e. The molecule has 0 radical (unpaired) electrons. The molecule has 1 atom stereocenters. The number of anilines is 1. The zero-order valence-corrected chi connectivity index (χ0v) is 10.4. The Hall–Kier alpha value is -1.62. The Morgan fingerprint density at radius 3 is 3.17 bits per heavy atom. The number of pyridine rings is 1. The molecule has 2 N–H and O–H groups in total. The van der Waals surface area contributed by atoms with Gasteiger partial charge in [-0.2, -0.15) is 0 Å². The van der Waals surface area contributed by atoms with Crippen molar-refractivity contribution in [1.82, 2.24) is 14.8 Å². The highest BCUT2D eigenvalue weighted by molar-refractivity contribution is 5.78. The van der Waals surface area contributed by atoms with Crippen LogP contribution in [0.1, 0.15) is 18.5 Å². The van der Waals surface area contributed by atoms with Gasteiger partial charge in [0.05, 0.1) is 5.69 Å². The predicted molar refractivity (Wildman–Crippen MR) is 68.7 cm³/mol. The van der Waals surface area contributed by atoms with Crippen molar-refractivity contribution in [3.63, 3.8) is 0 Å². The maximum Gasteiger partial charge on any atom is 0.222 e. The first kappa shape index (κ1) is 11.5. The van der Waals surface area contributed by atoms with Crippen molar-refractivity contribution in [2.45, 2.75) is 25.4 Å². The molecule has 0 aromatic carbocycles. The zero-order valence-electron chi connectivity index (χ0n) is 10.4. The fourth-order valence-corrected chi connectivity index (χ4v) is 2.88. The summed E-state index contributed by atoms with van der Waals surface area (Å²) in [4.78, 5) is 20.3. The molecule has 2 aliphatic heterocycles. The Morgan fingerprint density at radius 2 is 2.33 bits per heavy atom. The summed E-state index contributed by atoms with van der Waals surface area (Å²) >= 11 is 0. The number of aromatic nitrogens is 1. The number of hydrogen-bond acceptors (Lipinski definition) is 4. The smallest absolute Gasteiger partial charge is 0.222 e. The number of nitrogens with two attached hydrogens (primary N) is 1. The molecule has 1 aromatic rings. The van der Waals surface area contributed by atoms with Crippen molar-refractivity contribution in [2.75, 3.05) is 25.4 Å². The lowest BCUT2D eigenvalue weighted by atomic mass is 10.1. The molecule has 0 saturated carbocycles. The average Bonchev–Trinajstić information content (AvgIpc) is 2.71. The molecule has 1 aromatic heterocycles. The highest BCUT2D eigenvalue weighted by Crippen LogP contribution is 2.23. The molecule has 2 aliphatic rings. The van der Waals surface area contributed by atoms with Crippen LogP contribution in [0.25, 0.3) is 0 Å². The molecule has 0 spiro atoms. The van der Waals surface area contributed by atoms with Crippen LogP contribution in [0.2, 0.25) is 0 Å². The minimum absolute atomic E-state index is 0.321. The molecule has 0 aliphatic carbocycles. The van der Waals surface area contributed by atoms with Gasteiger partial charge >= 0.3 is 0 Å². The second kappa shape index (κ2) is 4.57. The zero-order chi connectivity index (χ0) is 12.5. The van der Waals surface area contributed by atoms with Gasteiger partial charge in [-0.3, -0.25) is 14.7 Å². The van der Waals surface area contributed by atoms with E-state index in [2.05, 4.69) is 9.88 Å². The normalized spacial score (nSPS) is 24.3. The van der Waals surface area contributed by atoms with Crippen LogP contribution < -0.4 is 5.73 Å². The van der Waals surface area contributed by atoms with Crippen LogP contribution in [0.3, 0.4) is 0 Å². The van der Waals surface area contributed by atoms with E-state index in [1.54, 1.807) is 12.3 Å². The Kier molecular flexibility index (Phi) is 2.91. The lowest BCUT2D eigenvalue weighted by Crippen LogP contribution is -2.51. The van der Waals surface area contributed by atoms with Crippen molar-refractivity contribution in [2.24, 2.45) is 0 Å². The predicted octanol–water partition coefficient (Wildman–Crippen LogP) is 0.470. The van der Waals surface area contributed by atoms with Crippen LogP contribution in [-0.4, -0.2) is 46.4 Å². The number of nitrogens with zero attached hydrogens (tertiary/aromatic N) is 3. The molecule has 3 rings (SSSR count). The van der Waals surface area contributed by atoms with Crippen molar-refractivity contribution in [3.8, 4) is 0 Å². The molecule has 2 fully saturated rings. The van der Waals surface area contributed by atoms with Crippen LogP contribution in [-0.2, 0) is 11.3 Å². The molecule has 2 saturated heterocycles. The van der Waals surface area contributed by atoms with Gasteiger partial charge in [0.1, 0.15) is 0 Å². The van der Waals surface area contributed by atoms with Crippen molar-refractivity contribution < 1.29 is 4.79 Å². The standard InChI is InChI=1S/C13H18N4O/c14-10-3-4-15-11(7-10)8-16-5-6-17-12(9-16)1-2-13(17)18/h3-4,7,12H,1-2,5-6,8-9H2,(H2,14,15). The Bertz CT molecular complexity index is 462. The summed E-state index contributed by atoms with van der Waals surface area (Å²) in [5.41, 5.74) is 7.52. The third-order valence-corrected chi connectivity index (χ3v) is 3.80. The summed E-state index contributed by atoms with van der Waals surface area (Å²) in [6.45, 7) is 3.57. The summed E-state index contributed by atoms with van der Waals surface area (Å²) < 4.78 is 0. The lowest BCUT2D eigenvalue weighted by Gasteiger charge is -2.37. The molecule has 1 amide bonds. The van der Waals surface area contributed by atoms with E-state index < -0.39 is 0 Å². The number of nitrogen functional groups attached to an aromatic ring is 1. The molecule has 5 nitrogen and oxygen atoms in total. The molecule has 18 heavy (non-hydrogen) atoms. The third kappa shape index (κ3) is 2.18. The van der Waals surface area contributed by atoms with E-state index >= 15 is 0 Å². The van der Waals surface area contributed by atoms with Gasteiger partial charge in [-0.15, -0.1) is 0 Å². The first-order valence-corrected chi connectivity index (χ1v) is 6.44. The first-order valence-electron chi connectivity index (χ1n) is 6.44.